The molecule has 2 aromatic rings. The van der Waals surface area contributed by atoms with Crippen LogP contribution in [0.5, 0.6) is 5.88 Å². The highest BCUT2D eigenvalue weighted by Gasteiger charge is 2.14. The van der Waals surface area contributed by atoms with Crippen LogP contribution in [0.3, 0.4) is 0 Å². The van der Waals surface area contributed by atoms with Gasteiger partial charge in [0.05, 0.1) is 18.2 Å². The monoisotopic (exact) mass is 272 g/mol. The molecule has 104 valence electrons. The standard InChI is InChI=1S/C15H16N2O3/c18-14-12-6-2-1-5-11(12)13(15(19)17-14)9-16-8-10-4-3-7-20-10/h1-2,5-6,9-10H,3-4,7-8H2,(H2,17,18,19). The summed E-state index contributed by atoms with van der Waals surface area (Å²) in [4.78, 5) is 18.5. The SMILES string of the molecule is O=c1[nH]c(O)c(C=NCC2CCCO2)c2ccccc12. The maximum Gasteiger partial charge on any atom is 0.258 e. The van der Waals surface area contributed by atoms with Crippen LogP contribution in [0.4, 0.5) is 0 Å². The Bertz CT molecular complexity index is 700. The number of fused-ring (bicyclic) bond motifs is 1. The first-order valence-corrected chi connectivity index (χ1v) is 6.71. The van der Waals surface area contributed by atoms with Crippen molar-refractivity contribution < 1.29 is 9.84 Å². The van der Waals surface area contributed by atoms with E-state index in [1.165, 1.54) is 0 Å². The van der Waals surface area contributed by atoms with E-state index < -0.39 is 0 Å². The first-order valence-electron chi connectivity index (χ1n) is 6.71. The molecule has 0 amide bonds. The zero-order valence-electron chi connectivity index (χ0n) is 11.0. The number of hydrogen-bond acceptors (Lipinski definition) is 4. The number of H-pyrrole nitrogens is 1. The molecule has 0 aliphatic carbocycles. The van der Waals surface area contributed by atoms with E-state index in [4.69, 9.17) is 4.74 Å². The van der Waals surface area contributed by atoms with E-state index in [1.807, 2.05) is 6.07 Å². The fourth-order valence-electron chi connectivity index (χ4n) is 2.47. The minimum atomic E-state index is -0.297. The number of benzene rings is 1. The van der Waals surface area contributed by atoms with Crippen molar-refractivity contribution in [2.45, 2.75) is 18.9 Å². The molecule has 20 heavy (non-hydrogen) atoms. The van der Waals surface area contributed by atoms with Crippen LogP contribution in [-0.4, -0.2) is 35.6 Å². The Hall–Kier alpha value is -2.14. The van der Waals surface area contributed by atoms with Crippen LogP contribution >= 0.6 is 0 Å². The van der Waals surface area contributed by atoms with E-state index in [-0.39, 0.29) is 17.5 Å². The normalized spacial score (nSPS) is 19.1. The number of hydrogen-bond donors (Lipinski definition) is 2. The lowest BCUT2D eigenvalue weighted by molar-refractivity contribution is 0.118. The molecular formula is C15H16N2O3. The summed E-state index contributed by atoms with van der Waals surface area (Å²) in [6.07, 6.45) is 3.88. The zero-order chi connectivity index (χ0) is 13.9. The molecule has 1 aliphatic rings. The first-order chi connectivity index (χ1) is 9.75. The molecule has 1 fully saturated rings. The molecular weight excluding hydrogens is 256 g/mol. The molecule has 1 saturated heterocycles. The summed E-state index contributed by atoms with van der Waals surface area (Å²) in [7, 11) is 0. The summed E-state index contributed by atoms with van der Waals surface area (Å²) in [6, 6.07) is 7.16. The Labute approximate surface area is 115 Å². The highest BCUT2D eigenvalue weighted by molar-refractivity contribution is 6.01. The highest BCUT2D eigenvalue weighted by atomic mass is 16.5. The maximum absolute atomic E-state index is 11.8. The number of aromatic nitrogens is 1. The number of aliphatic imine (C=N–C) groups is 1. The van der Waals surface area contributed by atoms with Crippen LogP contribution in [0.2, 0.25) is 0 Å². The minimum absolute atomic E-state index is 0.148. The molecule has 2 heterocycles. The third-order valence-electron chi connectivity index (χ3n) is 3.50. The number of nitrogens with zero attached hydrogens (tertiary/aromatic N) is 1. The molecule has 1 aliphatic heterocycles. The summed E-state index contributed by atoms with van der Waals surface area (Å²) >= 11 is 0. The van der Waals surface area contributed by atoms with Crippen molar-refractivity contribution in [3.63, 3.8) is 0 Å². The topological polar surface area (TPSA) is 74.7 Å². The van der Waals surface area contributed by atoms with Gasteiger partial charge in [0.1, 0.15) is 0 Å². The molecule has 1 atom stereocenters. The van der Waals surface area contributed by atoms with Gasteiger partial charge in [-0.1, -0.05) is 18.2 Å². The van der Waals surface area contributed by atoms with Gasteiger partial charge in [0.2, 0.25) is 5.88 Å². The summed E-state index contributed by atoms with van der Waals surface area (Å²) in [6.45, 7) is 1.37. The molecule has 2 N–H and O–H groups in total. The van der Waals surface area contributed by atoms with Crippen molar-refractivity contribution >= 4 is 17.0 Å². The Morgan fingerprint density at radius 1 is 1.40 bits per heavy atom. The smallest absolute Gasteiger partial charge is 0.258 e. The van der Waals surface area contributed by atoms with E-state index in [2.05, 4.69) is 9.98 Å². The van der Waals surface area contributed by atoms with E-state index >= 15 is 0 Å². The van der Waals surface area contributed by atoms with Crippen LogP contribution in [0.15, 0.2) is 34.1 Å². The highest BCUT2D eigenvalue weighted by Crippen LogP contribution is 2.20. The average Bonchev–Trinajstić information content (AvgIpc) is 2.96. The van der Waals surface area contributed by atoms with Crippen molar-refractivity contribution in [1.29, 1.82) is 0 Å². The quantitative estimate of drug-likeness (QED) is 0.837. The number of pyridine rings is 1. The Morgan fingerprint density at radius 3 is 2.95 bits per heavy atom. The molecule has 3 rings (SSSR count). The summed E-state index contributed by atoms with van der Waals surface area (Å²) in [5.41, 5.74) is 0.243. The molecule has 1 aromatic heterocycles. The molecule has 1 aromatic carbocycles. The van der Waals surface area contributed by atoms with Gasteiger partial charge in [-0.3, -0.25) is 14.8 Å². The molecule has 1 unspecified atom stereocenters. The minimum Gasteiger partial charge on any atom is -0.494 e. The Morgan fingerprint density at radius 2 is 2.20 bits per heavy atom. The van der Waals surface area contributed by atoms with E-state index in [0.29, 0.717) is 22.9 Å². The van der Waals surface area contributed by atoms with Gasteiger partial charge in [0.15, 0.2) is 0 Å². The molecule has 5 nitrogen and oxygen atoms in total. The van der Waals surface area contributed by atoms with Crippen LogP contribution in [0.1, 0.15) is 18.4 Å². The number of ether oxygens (including phenoxy) is 1. The molecule has 0 spiro atoms. The van der Waals surface area contributed by atoms with E-state index in [0.717, 1.165) is 19.4 Å². The van der Waals surface area contributed by atoms with Crippen molar-refractivity contribution in [2.75, 3.05) is 13.2 Å². The van der Waals surface area contributed by atoms with Gasteiger partial charge in [-0.05, 0) is 18.9 Å². The second-order valence-electron chi connectivity index (χ2n) is 4.89. The van der Waals surface area contributed by atoms with Crippen molar-refractivity contribution in [3.8, 4) is 5.88 Å². The van der Waals surface area contributed by atoms with Gasteiger partial charge < -0.3 is 9.84 Å². The number of nitrogens with one attached hydrogen (secondary N) is 1. The second kappa shape index (κ2) is 5.46. The van der Waals surface area contributed by atoms with Gasteiger partial charge in [-0.25, -0.2) is 0 Å². The van der Waals surface area contributed by atoms with Gasteiger partial charge in [0.25, 0.3) is 5.56 Å². The van der Waals surface area contributed by atoms with E-state index in [1.54, 1.807) is 24.4 Å². The summed E-state index contributed by atoms with van der Waals surface area (Å²) in [5.74, 6) is -0.148. The number of aromatic amines is 1. The summed E-state index contributed by atoms with van der Waals surface area (Å²) in [5, 5.41) is 11.1. The van der Waals surface area contributed by atoms with Crippen LogP contribution < -0.4 is 5.56 Å². The van der Waals surface area contributed by atoms with Gasteiger partial charge in [-0.15, -0.1) is 0 Å². The fourth-order valence-corrected chi connectivity index (χ4v) is 2.47. The second-order valence-corrected chi connectivity index (χ2v) is 4.89. The van der Waals surface area contributed by atoms with Gasteiger partial charge in [0, 0.05) is 23.6 Å². The van der Waals surface area contributed by atoms with Crippen molar-refractivity contribution in [1.82, 2.24) is 4.98 Å². The average molecular weight is 272 g/mol. The number of rotatable bonds is 3. The maximum atomic E-state index is 11.8. The van der Waals surface area contributed by atoms with E-state index in [9.17, 15) is 9.90 Å². The van der Waals surface area contributed by atoms with Crippen LogP contribution in [-0.2, 0) is 4.74 Å². The fraction of sp³-hybridized carbons (Fsp3) is 0.333. The molecule has 0 saturated carbocycles. The lowest BCUT2D eigenvalue weighted by Gasteiger charge is -2.06. The number of aromatic hydroxyl groups is 1. The lowest BCUT2D eigenvalue weighted by Crippen LogP contribution is -2.10. The molecule has 0 bridgehead atoms. The zero-order valence-corrected chi connectivity index (χ0v) is 11.0. The predicted octanol–water partition coefficient (Wildman–Crippen LogP) is 1.83. The van der Waals surface area contributed by atoms with Crippen LogP contribution in [0.25, 0.3) is 10.8 Å². The Kier molecular flexibility index (Phi) is 3.52. The Balaban J connectivity index is 1.94. The third-order valence-corrected chi connectivity index (χ3v) is 3.50. The molecule has 5 heteroatoms. The molecule has 0 radical (unpaired) electrons. The summed E-state index contributed by atoms with van der Waals surface area (Å²) < 4.78 is 5.49. The van der Waals surface area contributed by atoms with Crippen LogP contribution in [0, 0.1) is 0 Å². The lowest BCUT2D eigenvalue weighted by atomic mass is 10.1. The predicted molar refractivity (Wildman–Crippen MR) is 77.7 cm³/mol. The third kappa shape index (κ3) is 2.44. The van der Waals surface area contributed by atoms with Crippen molar-refractivity contribution in [3.05, 3.63) is 40.2 Å². The first kappa shape index (κ1) is 12.9. The van der Waals surface area contributed by atoms with Gasteiger partial charge in [-0.2, -0.15) is 0 Å². The van der Waals surface area contributed by atoms with Gasteiger partial charge >= 0.3 is 0 Å². The largest absolute Gasteiger partial charge is 0.494 e. The van der Waals surface area contributed by atoms with Crippen molar-refractivity contribution in [2.24, 2.45) is 4.99 Å².